The Kier molecular flexibility index (Phi) is 7.17. The van der Waals surface area contributed by atoms with Crippen LogP contribution in [0.1, 0.15) is 23.2 Å². The number of rotatable bonds is 8. The zero-order valence-electron chi connectivity index (χ0n) is 20.0. The standard InChI is InChI=1S/C28H24Cl2N4O3/c1-37-24-13-7-19(8-14-24)27(36)33(22-11-12-22)17-26(35)32-28-31-25(18-5-9-20(29)10-6-18)16-34(28)23-4-2-3-21(30)15-23/h2-10,13-16,22H,11-12,17H2,1H3,(H,31,32,35). The van der Waals surface area contributed by atoms with Crippen LogP contribution in [-0.4, -0.2) is 46.0 Å². The highest BCUT2D eigenvalue weighted by atomic mass is 35.5. The molecule has 0 radical (unpaired) electrons. The van der Waals surface area contributed by atoms with Crippen LogP contribution in [0, 0.1) is 0 Å². The molecule has 0 saturated heterocycles. The van der Waals surface area contributed by atoms with Crippen molar-refractivity contribution in [3.05, 3.63) is 94.6 Å². The van der Waals surface area contributed by atoms with Crippen molar-refractivity contribution >= 4 is 41.0 Å². The Hall–Kier alpha value is -3.81. The lowest BCUT2D eigenvalue weighted by Gasteiger charge is -2.22. The van der Waals surface area contributed by atoms with Gasteiger partial charge >= 0.3 is 0 Å². The van der Waals surface area contributed by atoms with Gasteiger partial charge in [-0.2, -0.15) is 0 Å². The summed E-state index contributed by atoms with van der Waals surface area (Å²) in [7, 11) is 1.57. The Labute approximate surface area is 224 Å². The van der Waals surface area contributed by atoms with Crippen molar-refractivity contribution in [3.8, 4) is 22.7 Å². The number of carbonyl (C=O) groups excluding carboxylic acids is 2. The molecule has 37 heavy (non-hydrogen) atoms. The average molecular weight is 535 g/mol. The number of amides is 2. The molecular formula is C28H24Cl2N4O3. The maximum Gasteiger partial charge on any atom is 0.254 e. The van der Waals surface area contributed by atoms with Crippen molar-refractivity contribution in [2.24, 2.45) is 0 Å². The van der Waals surface area contributed by atoms with Gasteiger partial charge in [0.2, 0.25) is 11.9 Å². The second-order valence-corrected chi connectivity index (χ2v) is 9.62. The van der Waals surface area contributed by atoms with Crippen molar-refractivity contribution in [2.75, 3.05) is 19.0 Å². The van der Waals surface area contributed by atoms with Crippen molar-refractivity contribution in [2.45, 2.75) is 18.9 Å². The van der Waals surface area contributed by atoms with Crippen LogP contribution < -0.4 is 10.1 Å². The molecule has 4 aromatic rings. The smallest absolute Gasteiger partial charge is 0.254 e. The van der Waals surface area contributed by atoms with Crippen molar-refractivity contribution in [1.82, 2.24) is 14.5 Å². The van der Waals surface area contributed by atoms with E-state index in [1.807, 2.05) is 30.5 Å². The largest absolute Gasteiger partial charge is 0.497 e. The fourth-order valence-electron chi connectivity index (χ4n) is 4.02. The maximum absolute atomic E-state index is 13.2. The van der Waals surface area contributed by atoms with Gasteiger partial charge in [-0.05, 0) is 67.4 Å². The lowest BCUT2D eigenvalue weighted by molar-refractivity contribution is -0.117. The first-order valence-electron chi connectivity index (χ1n) is 11.8. The van der Waals surface area contributed by atoms with Crippen LogP contribution in [0.15, 0.2) is 79.0 Å². The van der Waals surface area contributed by atoms with Gasteiger partial charge in [0.1, 0.15) is 12.3 Å². The Morgan fingerprint density at radius 3 is 2.41 bits per heavy atom. The highest BCUT2D eigenvalue weighted by Crippen LogP contribution is 2.30. The molecule has 9 heteroatoms. The van der Waals surface area contributed by atoms with E-state index in [-0.39, 0.29) is 24.4 Å². The predicted octanol–water partition coefficient (Wildman–Crippen LogP) is 6.10. The molecule has 3 aromatic carbocycles. The Morgan fingerprint density at radius 1 is 1.03 bits per heavy atom. The van der Waals surface area contributed by atoms with Crippen LogP contribution >= 0.6 is 23.2 Å². The van der Waals surface area contributed by atoms with E-state index in [0.717, 1.165) is 24.1 Å². The van der Waals surface area contributed by atoms with Gasteiger partial charge in [0.15, 0.2) is 0 Å². The van der Waals surface area contributed by atoms with Gasteiger partial charge in [-0.25, -0.2) is 4.98 Å². The van der Waals surface area contributed by atoms with Gasteiger partial charge in [0, 0.05) is 39.1 Å². The normalized spacial score (nSPS) is 12.7. The summed E-state index contributed by atoms with van der Waals surface area (Å²) in [5, 5.41) is 4.07. The molecule has 2 amide bonds. The third kappa shape index (κ3) is 5.79. The number of carbonyl (C=O) groups is 2. The van der Waals surface area contributed by atoms with Gasteiger partial charge in [-0.15, -0.1) is 0 Å². The topological polar surface area (TPSA) is 76.5 Å². The van der Waals surface area contributed by atoms with E-state index in [0.29, 0.717) is 33.0 Å². The number of nitrogens with zero attached hydrogens (tertiary/aromatic N) is 3. The molecule has 7 nitrogen and oxygen atoms in total. The van der Waals surface area contributed by atoms with Crippen LogP contribution in [0.25, 0.3) is 16.9 Å². The summed E-state index contributed by atoms with van der Waals surface area (Å²) in [5.74, 6) is 0.451. The zero-order valence-corrected chi connectivity index (χ0v) is 21.5. The van der Waals surface area contributed by atoms with Gasteiger partial charge in [-0.3, -0.25) is 19.5 Å². The molecule has 188 valence electrons. The Bertz CT molecular complexity index is 1430. The number of methoxy groups -OCH3 is 1. The minimum absolute atomic E-state index is 0.0395. The summed E-state index contributed by atoms with van der Waals surface area (Å²) in [4.78, 5) is 32.7. The van der Waals surface area contributed by atoms with Crippen molar-refractivity contribution in [1.29, 1.82) is 0 Å². The number of ether oxygens (including phenoxy) is 1. The van der Waals surface area contributed by atoms with E-state index in [1.165, 1.54) is 0 Å². The summed E-state index contributed by atoms with van der Waals surface area (Å²) in [6.07, 6.45) is 3.56. The van der Waals surface area contributed by atoms with Gasteiger partial charge in [0.05, 0.1) is 12.8 Å². The lowest BCUT2D eigenvalue weighted by atomic mass is 10.2. The minimum Gasteiger partial charge on any atom is -0.497 e. The van der Waals surface area contributed by atoms with E-state index in [4.69, 9.17) is 27.9 Å². The summed E-state index contributed by atoms with van der Waals surface area (Å²) in [6.45, 7) is -0.0891. The van der Waals surface area contributed by atoms with Gasteiger partial charge < -0.3 is 9.64 Å². The summed E-state index contributed by atoms with van der Waals surface area (Å²) >= 11 is 12.3. The first-order valence-corrected chi connectivity index (χ1v) is 12.5. The van der Waals surface area contributed by atoms with Crippen molar-refractivity contribution < 1.29 is 14.3 Å². The highest BCUT2D eigenvalue weighted by Gasteiger charge is 2.34. The number of anilines is 1. The molecule has 1 heterocycles. The monoisotopic (exact) mass is 534 g/mol. The number of hydrogen-bond donors (Lipinski definition) is 1. The van der Waals surface area contributed by atoms with Gasteiger partial charge in [0.25, 0.3) is 5.91 Å². The number of nitrogens with one attached hydrogen (secondary N) is 1. The van der Waals surface area contributed by atoms with Gasteiger partial charge in [-0.1, -0.05) is 41.4 Å². The quantitative estimate of drug-likeness (QED) is 0.296. The van der Waals surface area contributed by atoms with Crippen LogP contribution in [0.5, 0.6) is 5.75 Å². The van der Waals surface area contributed by atoms with E-state index >= 15 is 0 Å². The van der Waals surface area contributed by atoms with Crippen molar-refractivity contribution in [3.63, 3.8) is 0 Å². The highest BCUT2D eigenvalue weighted by molar-refractivity contribution is 6.31. The molecule has 1 saturated carbocycles. The molecule has 5 rings (SSSR count). The first-order chi connectivity index (χ1) is 17.9. The molecular weight excluding hydrogens is 511 g/mol. The molecule has 0 bridgehead atoms. The van der Waals surface area contributed by atoms with Crippen LogP contribution in [0.2, 0.25) is 10.0 Å². The molecule has 0 unspecified atom stereocenters. The second kappa shape index (κ2) is 10.7. The minimum atomic E-state index is -0.342. The zero-order chi connectivity index (χ0) is 25.9. The SMILES string of the molecule is COc1ccc(C(=O)N(CC(=O)Nc2nc(-c3ccc(Cl)cc3)cn2-c2cccc(Cl)c2)C2CC2)cc1. The number of hydrogen-bond acceptors (Lipinski definition) is 4. The second-order valence-electron chi connectivity index (χ2n) is 8.75. The Morgan fingerprint density at radius 2 is 1.76 bits per heavy atom. The Balaban J connectivity index is 1.40. The fraction of sp³-hybridized carbons (Fsp3) is 0.179. The van der Waals surface area contributed by atoms with E-state index in [9.17, 15) is 9.59 Å². The first kappa shape index (κ1) is 24.9. The molecule has 0 aliphatic heterocycles. The molecule has 1 aliphatic rings. The molecule has 1 aromatic heterocycles. The third-order valence-corrected chi connectivity index (χ3v) is 6.57. The molecule has 0 atom stereocenters. The summed E-state index contributed by atoms with van der Waals surface area (Å²) < 4.78 is 6.95. The van der Waals surface area contributed by atoms with Crippen LogP contribution in [0.3, 0.4) is 0 Å². The van der Waals surface area contributed by atoms with Crippen LogP contribution in [-0.2, 0) is 4.79 Å². The van der Waals surface area contributed by atoms with E-state index in [2.05, 4.69) is 10.3 Å². The predicted molar refractivity (Wildman–Crippen MR) is 145 cm³/mol. The molecule has 0 spiro atoms. The molecule has 1 aliphatic carbocycles. The maximum atomic E-state index is 13.2. The third-order valence-electron chi connectivity index (χ3n) is 6.08. The lowest BCUT2D eigenvalue weighted by Crippen LogP contribution is -2.39. The average Bonchev–Trinajstić information content (AvgIpc) is 3.67. The molecule has 1 N–H and O–H groups in total. The number of halogens is 2. The van der Waals surface area contributed by atoms with E-state index in [1.54, 1.807) is 65.1 Å². The summed E-state index contributed by atoms with van der Waals surface area (Å²) in [5.41, 5.74) is 2.74. The van der Waals surface area contributed by atoms with E-state index < -0.39 is 0 Å². The number of aromatic nitrogens is 2. The number of benzene rings is 3. The molecule has 1 fully saturated rings. The fourth-order valence-corrected chi connectivity index (χ4v) is 4.33. The van der Waals surface area contributed by atoms with Crippen LogP contribution in [0.4, 0.5) is 5.95 Å². The number of imidazole rings is 1. The summed E-state index contributed by atoms with van der Waals surface area (Å²) in [6, 6.07) is 21.5.